The molecule has 0 aliphatic rings. The minimum absolute atomic E-state index is 0.0411. The molecule has 0 saturated carbocycles. The van der Waals surface area contributed by atoms with Gasteiger partial charge < -0.3 is 5.11 Å². The fourth-order valence-electron chi connectivity index (χ4n) is 2.24. The third kappa shape index (κ3) is 2.20. The van der Waals surface area contributed by atoms with Crippen molar-refractivity contribution < 1.29 is 9.90 Å². The maximum atomic E-state index is 11.1. The van der Waals surface area contributed by atoms with Gasteiger partial charge in [-0.1, -0.05) is 12.1 Å². The quantitative estimate of drug-likeness (QED) is 0.591. The monoisotopic (exact) mass is 284 g/mol. The highest BCUT2D eigenvalue weighted by Crippen LogP contribution is 2.28. The van der Waals surface area contributed by atoms with Crippen LogP contribution >= 0.6 is 11.8 Å². The van der Waals surface area contributed by atoms with E-state index in [1.807, 2.05) is 42.7 Å². The molecule has 0 atom stereocenters. The average molecular weight is 284 g/mol. The van der Waals surface area contributed by atoms with E-state index in [0.29, 0.717) is 5.52 Å². The molecule has 5 heteroatoms. The summed E-state index contributed by atoms with van der Waals surface area (Å²) in [7, 11) is 0. The molecule has 0 aliphatic carbocycles. The van der Waals surface area contributed by atoms with Gasteiger partial charge in [-0.05, 0) is 30.5 Å². The second-order valence-electron chi connectivity index (χ2n) is 4.40. The third-order valence-electron chi connectivity index (χ3n) is 3.12. The van der Waals surface area contributed by atoms with Gasteiger partial charge in [-0.15, -0.1) is 11.8 Å². The Morgan fingerprint density at radius 1 is 1.10 bits per heavy atom. The maximum Gasteiger partial charge on any atom is 0.307 e. The van der Waals surface area contributed by atoms with Crippen LogP contribution in [0.5, 0.6) is 0 Å². The molecular weight excluding hydrogens is 272 g/mol. The van der Waals surface area contributed by atoms with E-state index in [1.165, 1.54) is 11.8 Å². The van der Waals surface area contributed by atoms with Crippen molar-refractivity contribution in [3.05, 3.63) is 42.0 Å². The van der Waals surface area contributed by atoms with Gasteiger partial charge in [-0.2, -0.15) is 0 Å². The van der Waals surface area contributed by atoms with E-state index >= 15 is 0 Å². The van der Waals surface area contributed by atoms with Gasteiger partial charge >= 0.3 is 5.97 Å². The second kappa shape index (κ2) is 5.09. The van der Waals surface area contributed by atoms with Crippen molar-refractivity contribution in [2.45, 2.75) is 11.3 Å². The van der Waals surface area contributed by atoms with Crippen LogP contribution in [0.3, 0.4) is 0 Å². The smallest absolute Gasteiger partial charge is 0.307 e. The van der Waals surface area contributed by atoms with Crippen molar-refractivity contribution in [2.75, 3.05) is 6.26 Å². The summed E-state index contributed by atoms with van der Waals surface area (Å²) in [4.78, 5) is 21.2. The van der Waals surface area contributed by atoms with Crippen molar-refractivity contribution >= 4 is 39.8 Å². The Kier molecular flexibility index (Phi) is 3.28. The van der Waals surface area contributed by atoms with Crippen molar-refractivity contribution in [3.63, 3.8) is 0 Å². The van der Waals surface area contributed by atoms with E-state index in [2.05, 4.69) is 9.97 Å². The van der Waals surface area contributed by atoms with Crippen LogP contribution in [0.4, 0.5) is 0 Å². The van der Waals surface area contributed by atoms with E-state index in [-0.39, 0.29) is 6.42 Å². The lowest BCUT2D eigenvalue weighted by Gasteiger charge is -2.09. The Labute approximate surface area is 119 Å². The summed E-state index contributed by atoms with van der Waals surface area (Å²) in [6, 6.07) is 11.4. The fraction of sp³-hybridized carbons (Fsp3) is 0.133. The first-order chi connectivity index (χ1) is 9.69. The van der Waals surface area contributed by atoms with E-state index in [4.69, 9.17) is 5.11 Å². The van der Waals surface area contributed by atoms with E-state index in [9.17, 15) is 4.79 Å². The SMILES string of the molecule is CSc1ccc2nc3ccccc3nc2c1CC(=O)O. The fourth-order valence-corrected chi connectivity index (χ4v) is 2.86. The summed E-state index contributed by atoms with van der Waals surface area (Å²) in [6.45, 7) is 0. The molecule has 100 valence electrons. The number of rotatable bonds is 3. The van der Waals surface area contributed by atoms with Crippen molar-refractivity contribution in [3.8, 4) is 0 Å². The summed E-state index contributed by atoms with van der Waals surface area (Å²) >= 11 is 1.53. The van der Waals surface area contributed by atoms with Gasteiger partial charge in [0.2, 0.25) is 0 Å². The van der Waals surface area contributed by atoms with Gasteiger partial charge in [-0.25, -0.2) is 9.97 Å². The van der Waals surface area contributed by atoms with E-state index in [1.54, 1.807) is 0 Å². The third-order valence-corrected chi connectivity index (χ3v) is 3.94. The summed E-state index contributed by atoms with van der Waals surface area (Å²) in [6.07, 6.45) is 1.89. The molecular formula is C15H12N2O2S. The van der Waals surface area contributed by atoms with Gasteiger partial charge in [0.15, 0.2) is 0 Å². The number of benzene rings is 2. The van der Waals surface area contributed by atoms with Gasteiger partial charge in [-0.3, -0.25) is 4.79 Å². The number of thioether (sulfide) groups is 1. The summed E-state index contributed by atoms with van der Waals surface area (Å²) in [5, 5.41) is 9.10. The number of aliphatic carboxylic acids is 1. The Morgan fingerprint density at radius 3 is 2.45 bits per heavy atom. The number of fused-ring (bicyclic) bond motifs is 2. The standard InChI is InChI=1S/C15H12N2O2S/c1-20-13-7-6-12-15(9(13)8-14(18)19)17-11-5-3-2-4-10(11)16-12/h2-7H,8H2,1H3,(H,18,19). The minimum Gasteiger partial charge on any atom is -0.481 e. The molecule has 3 aromatic rings. The number of nitrogens with zero attached hydrogens (tertiary/aromatic N) is 2. The number of hydrogen-bond acceptors (Lipinski definition) is 4. The molecule has 3 rings (SSSR count). The molecule has 0 spiro atoms. The number of carboxylic acids is 1. The molecule has 20 heavy (non-hydrogen) atoms. The molecule has 2 aromatic carbocycles. The molecule has 0 aliphatic heterocycles. The molecule has 0 unspecified atom stereocenters. The summed E-state index contributed by atoms with van der Waals surface area (Å²) in [5.74, 6) is -0.859. The predicted octanol–water partition coefficient (Wildman–Crippen LogP) is 3.13. The second-order valence-corrected chi connectivity index (χ2v) is 5.25. The average Bonchev–Trinajstić information content (AvgIpc) is 2.45. The van der Waals surface area contributed by atoms with Crippen LogP contribution in [0, 0.1) is 0 Å². The zero-order chi connectivity index (χ0) is 14.1. The highest BCUT2D eigenvalue weighted by atomic mass is 32.2. The van der Waals surface area contributed by atoms with E-state index < -0.39 is 5.97 Å². The largest absolute Gasteiger partial charge is 0.481 e. The number of hydrogen-bond donors (Lipinski definition) is 1. The Bertz CT molecular complexity index is 817. The first-order valence-electron chi connectivity index (χ1n) is 6.13. The van der Waals surface area contributed by atoms with Crippen LogP contribution < -0.4 is 0 Å². The van der Waals surface area contributed by atoms with Gasteiger partial charge in [0.1, 0.15) is 0 Å². The van der Waals surface area contributed by atoms with Crippen LogP contribution in [0.25, 0.3) is 22.1 Å². The number of aromatic nitrogens is 2. The first kappa shape index (κ1) is 12.9. The Hall–Kier alpha value is -2.14. The molecule has 1 heterocycles. The zero-order valence-corrected chi connectivity index (χ0v) is 11.6. The lowest BCUT2D eigenvalue weighted by Crippen LogP contribution is -2.04. The molecule has 0 bridgehead atoms. The first-order valence-corrected chi connectivity index (χ1v) is 7.35. The van der Waals surface area contributed by atoms with Crippen LogP contribution in [-0.2, 0) is 11.2 Å². The van der Waals surface area contributed by atoms with Crippen LogP contribution in [0.1, 0.15) is 5.56 Å². The maximum absolute atomic E-state index is 11.1. The highest BCUT2D eigenvalue weighted by Gasteiger charge is 2.13. The van der Waals surface area contributed by atoms with Crippen molar-refractivity contribution in [1.29, 1.82) is 0 Å². The lowest BCUT2D eigenvalue weighted by atomic mass is 10.1. The summed E-state index contributed by atoms with van der Waals surface area (Å²) in [5.41, 5.74) is 3.75. The Balaban J connectivity index is 2.36. The molecule has 0 fully saturated rings. The predicted molar refractivity (Wildman–Crippen MR) is 80.2 cm³/mol. The number of para-hydroxylation sites is 2. The van der Waals surface area contributed by atoms with Crippen molar-refractivity contribution in [2.24, 2.45) is 0 Å². The minimum atomic E-state index is -0.859. The zero-order valence-electron chi connectivity index (χ0n) is 10.8. The molecule has 1 N–H and O–H groups in total. The van der Waals surface area contributed by atoms with Gasteiger partial charge in [0.25, 0.3) is 0 Å². The number of carboxylic acid groups (broad SMARTS) is 1. The highest BCUT2D eigenvalue weighted by molar-refractivity contribution is 7.98. The van der Waals surface area contributed by atoms with Gasteiger partial charge in [0, 0.05) is 10.5 Å². The lowest BCUT2D eigenvalue weighted by molar-refractivity contribution is -0.136. The molecule has 0 radical (unpaired) electrons. The van der Waals surface area contributed by atoms with Crippen LogP contribution in [0.15, 0.2) is 41.3 Å². The topological polar surface area (TPSA) is 63.1 Å². The molecule has 0 amide bonds. The number of carbonyl (C=O) groups is 1. The summed E-state index contributed by atoms with van der Waals surface area (Å²) < 4.78 is 0. The normalized spacial score (nSPS) is 11.1. The van der Waals surface area contributed by atoms with Crippen LogP contribution in [-0.4, -0.2) is 27.3 Å². The van der Waals surface area contributed by atoms with Crippen molar-refractivity contribution in [1.82, 2.24) is 9.97 Å². The molecule has 0 saturated heterocycles. The van der Waals surface area contributed by atoms with Crippen LogP contribution in [0.2, 0.25) is 0 Å². The molecule has 4 nitrogen and oxygen atoms in total. The molecule has 1 aromatic heterocycles. The van der Waals surface area contributed by atoms with E-state index in [0.717, 1.165) is 27.0 Å². The Morgan fingerprint density at radius 2 is 1.80 bits per heavy atom. The van der Waals surface area contributed by atoms with Gasteiger partial charge in [0.05, 0.1) is 28.5 Å².